The molecule has 1 fully saturated rings. The Morgan fingerprint density at radius 1 is 1.10 bits per heavy atom. The molecule has 1 amide bonds. The molecule has 30 heavy (non-hydrogen) atoms. The Morgan fingerprint density at radius 3 is 2.53 bits per heavy atom. The fourth-order valence-corrected chi connectivity index (χ4v) is 4.89. The molecule has 0 radical (unpaired) electrons. The van der Waals surface area contributed by atoms with E-state index in [9.17, 15) is 14.4 Å². The first-order valence-electron chi connectivity index (χ1n) is 10.8. The van der Waals surface area contributed by atoms with Crippen LogP contribution in [0.4, 0.5) is 5.69 Å². The van der Waals surface area contributed by atoms with Crippen LogP contribution in [-0.2, 0) is 11.2 Å². The van der Waals surface area contributed by atoms with E-state index in [0.717, 1.165) is 55.5 Å². The third-order valence-corrected chi connectivity index (χ3v) is 6.77. The van der Waals surface area contributed by atoms with E-state index in [0.29, 0.717) is 23.3 Å². The Labute approximate surface area is 181 Å². The lowest BCUT2D eigenvalue weighted by atomic mass is 10.0. The van der Waals surface area contributed by atoms with E-state index in [4.69, 9.17) is 5.11 Å². The summed E-state index contributed by atoms with van der Waals surface area (Å²) in [7, 11) is 0. The monoisotopic (exact) mass is 427 g/mol. The minimum absolute atomic E-state index is 0.131. The second-order valence-corrected chi connectivity index (χ2v) is 9.02. The number of Topliss-reactive ketones (excluding diaryl/α,β-unsaturated/α-hetero) is 1. The van der Waals surface area contributed by atoms with Crippen LogP contribution < -0.4 is 4.90 Å². The average molecular weight is 428 g/mol. The summed E-state index contributed by atoms with van der Waals surface area (Å²) in [6.45, 7) is 2.12. The Hall–Kier alpha value is -2.47. The van der Waals surface area contributed by atoms with E-state index in [-0.39, 0.29) is 17.7 Å². The van der Waals surface area contributed by atoms with Crippen molar-refractivity contribution < 1.29 is 19.5 Å². The number of ketones is 1. The lowest BCUT2D eigenvalue weighted by Gasteiger charge is -2.25. The number of carbonyl (C=O) groups is 3. The summed E-state index contributed by atoms with van der Waals surface area (Å²) in [6.07, 6.45) is 7.64. The molecule has 1 saturated heterocycles. The number of anilines is 1. The van der Waals surface area contributed by atoms with Gasteiger partial charge < -0.3 is 10.0 Å². The van der Waals surface area contributed by atoms with Crippen molar-refractivity contribution in [2.45, 2.75) is 70.8 Å². The summed E-state index contributed by atoms with van der Waals surface area (Å²) in [5.74, 6) is -0.589. The number of carbonyl (C=O) groups excluding carboxylic acids is 2. The van der Waals surface area contributed by atoms with Gasteiger partial charge in [-0.15, -0.1) is 11.3 Å². The summed E-state index contributed by atoms with van der Waals surface area (Å²) in [5.41, 5.74) is 1.57. The molecule has 0 unspecified atom stereocenters. The van der Waals surface area contributed by atoms with E-state index in [1.165, 1.54) is 11.3 Å². The van der Waals surface area contributed by atoms with Crippen molar-refractivity contribution in [1.82, 2.24) is 0 Å². The molecule has 2 aromatic rings. The zero-order valence-electron chi connectivity index (χ0n) is 17.4. The van der Waals surface area contributed by atoms with Gasteiger partial charge in [-0.3, -0.25) is 9.59 Å². The minimum Gasteiger partial charge on any atom is -0.477 e. The average Bonchev–Trinajstić information content (AvgIpc) is 3.35. The lowest BCUT2D eigenvalue weighted by molar-refractivity contribution is -0.117. The predicted molar refractivity (Wildman–Crippen MR) is 120 cm³/mol. The maximum absolute atomic E-state index is 12.5. The molecular weight excluding hydrogens is 398 g/mol. The third kappa shape index (κ3) is 5.57. The van der Waals surface area contributed by atoms with Crippen LogP contribution in [0, 0.1) is 0 Å². The highest BCUT2D eigenvalue weighted by molar-refractivity contribution is 7.13. The molecule has 5 nitrogen and oxygen atoms in total. The molecule has 0 spiro atoms. The SMILES string of the molecule is CCCCCC(=O)c1ccc(N2C(=O)CC[C@@H]2CCCc2ccc(C(=O)O)s2)cc1. The predicted octanol–water partition coefficient (Wildman–Crippen LogP) is 5.73. The van der Waals surface area contributed by atoms with Crippen molar-refractivity contribution in [2.75, 3.05) is 4.90 Å². The highest BCUT2D eigenvalue weighted by Crippen LogP contribution is 2.30. The maximum atomic E-state index is 12.5. The highest BCUT2D eigenvalue weighted by atomic mass is 32.1. The molecule has 1 aliphatic heterocycles. The molecular formula is C24H29NO4S. The smallest absolute Gasteiger partial charge is 0.345 e. The Morgan fingerprint density at radius 2 is 1.87 bits per heavy atom. The number of carboxylic acids is 1. The molecule has 0 bridgehead atoms. The molecule has 1 aliphatic rings. The number of amides is 1. The summed E-state index contributed by atoms with van der Waals surface area (Å²) in [5, 5.41) is 9.04. The third-order valence-electron chi connectivity index (χ3n) is 5.63. The fourth-order valence-electron chi connectivity index (χ4n) is 4.00. The maximum Gasteiger partial charge on any atom is 0.345 e. The van der Waals surface area contributed by atoms with Gasteiger partial charge in [-0.25, -0.2) is 4.79 Å². The molecule has 1 aromatic heterocycles. The van der Waals surface area contributed by atoms with Gasteiger partial charge in [-0.2, -0.15) is 0 Å². The van der Waals surface area contributed by atoms with Gasteiger partial charge in [0.15, 0.2) is 5.78 Å². The number of unbranched alkanes of at least 4 members (excludes halogenated alkanes) is 2. The molecule has 160 valence electrons. The molecule has 3 rings (SSSR count). The number of aryl methyl sites for hydroxylation is 1. The number of aromatic carboxylic acids is 1. The largest absolute Gasteiger partial charge is 0.477 e. The Kier molecular flexibility index (Phi) is 7.80. The first kappa shape index (κ1) is 22.2. The van der Waals surface area contributed by atoms with E-state index in [2.05, 4.69) is 6.92 Å². The van der Waals surface area contributed by atoms with Crippen LogP contribution in [0.25, 0.3) is 0 Å². The topological polar surface area (TPSA) is 74.7 Å². The zero-order chi connectivity index (χ0) is 21.5. The van der Waals surface area contributed by atoms with Crippen LogP contribution in [0.3, 0.4) is 0 Å². The van der Waals surface area contributed by atoms with Gasteiger partial charge in [-0.1, -0.05) is 19.8 Å². The van der Waals surface area contributed by atoms with Crippen LogP contribution in [0.15, 0.2) is 36.4 Å². The van der Waals surface area contributed by atoms with E-state index in [1.54, 1.807) is 6.07 Å². The van der Waals surface area contributed by atoms with Crippen LogP contribution in [0.5, 0.6) is 0 Å². The number of benzene rings is 1. The Balaban J connectivity index is 1.57. The van der Waals surface area contributed by atoms with Gasteiger partial charge in [0.25, 0.3) is 0 Å². The van der Waals surface area contributed by atoms with Gasteiger partial charge in [0.1, 0.15) is 4.88 Å². The van der Waals surface area contributed by atoms with Gasteiger partial charge in [0, 0.05) is 35.0 Å². The van der Waals surface area contributed by atoms with Gasteiger partial charge in [0.05, 0.1) is 0 Å². The number of hydrogen-bond acceptors (Lipinski definition) is 4. The van der Waals surface area contributed by atoms with Crippen molar-refractivity contribution >= 4 is 34.7 Å². The summed E-state index contributed by atoms with van der Waals surface area (Å²) in [4.78, 5) is 39.1. The Bertz CT molecular complexity index is 887. The molecule has 0 saturated carbocycles. The van der Waals surface area contributed by atoms with Crippen molar-refractivity contribution in [3.05, 3.63) is 51.7 Å². The lowest BCUT2D eigenvalue weighted by Crippen LogP contribution is -2.32. The van der Waals surface area contributed by atoms with E-state index < -0.39 is 5.97 Å². The first-order valence-corrected chi connectivity index (χ1v) is 11.6. The second-order valence-electron chi connectivity index (χ2n) is 7.85. The minimum atomic E-state index is -0.883. The molecule has 6 heteroatoms. The van der Waals surface area contributed by atoms with Crippen LogP contribution in [0.1, 0.15) is 83.2 Å². The zero-order valence-corrected chi connectivity index (χ0v) is 18.2. The molecule has 1 atom stereocenters. The van der Waals surface area contributed by atoms with Crippen LogP contribution >= 0.6 is 11.3 Å². The van der Waals surface area contributed by atoms with Crippen LogP contribution in [-0.4, -0.2) is 28.8 Å². The van der Waals surface area contributed by atoms with E-state index >= 15 is 0 Å². The highest BCUT2D eigenvalue weighted by Gasteiger charge is 2.31. The van der Waals surface area contributed by atoms with Gasteiger partial charge >= 0.3 is 5.97 Å². The van der Waals surface area contributed by atoms with Gasteiger partial charge in [0.2, 0.25) is 5.91 Å². The summed E-state index contributed by atoms with van der Waals surface area (Å²) in [6, 6.07) is 11.1. The number of thiophene rings is 1. The first-order chi connectivity index (χ1) is 14.5. The number of hydrogen-bond donors (Lipinski definition) is 1. The normalized spacial score (nSPS) is 16.2. The second kappa shape index (κ2) is 10.5. The molecule has 1 aromatic carbocycles. The quantitative estimate of drug-likeness (QED) is 0.367. The van der Waals surface area contributed by atoms with Gasteiger partial charge in [-0.05, 0) is 68.5 Å². The van der Waals surface area contributed by atoms with Crippen LogP contribution in [0.2, 0.25) is 0 Å². The van der Waals surface area contributed by atoms with Crippen molar-refractivity contribution in [1.29, 1.82) is 0 Å². The van der Waals surface area contributed by atoms with Crippen molar-refractivity contribution in [2.24, 2.45) is 0 Å². The summed E-state index contributed by atoms with van der Waals surface area (Å²) >= 11 is 1.32. The summed E-state index contributed by atoms with van der Waals surface area (Å²) < 4.78 is 0. The number of carboxylic acid groups (broad SMARTS) is 1. The fraction of sp³-hybridized carbons (Fsp3) is 0.458. The number of rotatable bonds is 11. The molecule has 0 aliphatic carbocycles. The molecule has 2 heterocycles. The number of nitrogens with zero attached hydrogens (tertiary/aromatic N) is 1. The molecule has 1 N–H and O–H groups in total. The standard InChI is InChI=1S/C24H29NO4S/c1-2-3-4-8-21(26)17-9-11-19(12-10-17)25-18(13-16-23(25)27)6-5-7-20-14-15-22(30-20)24(28)29/h9-12,14-15,18H,2-8,13,16H2,1H3,(H,28,29)/t18-/m0/s1. The van der Waals surface area contributed by atoms with Crippen molar-refractivity contribution in [3.63, 3.8) is 0 Å². The van der Waals surface area contributed by atoms with Crippen molar-refractivity contribution in [3.8, 4) is 0 Å². The van der Waals surface area contributed by atoms with E-state index in [1.807, 2.05) is 35.2 Å².